The number of Topliss-reactive ketones (excluding diaryl/α,β-unsaturated/α-hetero) is 1. The summed E-state index contributed by atoms with van der Waals surface area (Å²) >= 11 is 0. The third-order valence-electron chi connectivity index (χ3n) is 5.86. The second-order valence-corrected chi connectivity index (χ2v) is 8.57. The normalized spacial score (nSPS) is 13.4. The van der Waals surface area contributed by atoms with Gasteiger partial charge < -0.3 is 18.9 Å². The lowest BCUT2D eigenvalue weighted by atomic mass is 9.92. The number of carbonyl (C=O) groups excluding carboxylic acids is 3. The number of carbonyl (C=O) groups is 3. The first-order valence-electron chi connectivity index (χ1n) is 12.0. The van der Waals surface area contributed by atoms with Crippen LogP contribution in [0.15, 0.2) is 36.5 Å². The van der Waals surface area contributed by atoms with E-state index in [-0.39, 0.29) is 35.3 Å². The summed E-state index contributed by atoms with van der Waals surface area (Å²) in [5, 5.41) is 0. The summed E-state index contributed by atoms with van der Waals surface area (Å²) < 4.78 is 35.4. The second-order valence-electron chi connectivity index (χ2n) is 8.57. The van der Waals surface area contributed by atoms with Crippen LogP contribution in [0, 0.1) is 17.7 Å². The molecule has 0 bridgehead atoms. The first-order chi connectivity index (χ1) is 17.1. The van der Waals surface area contributed by atoms with Crippen LogP contribution in [0.4, 0.5) is 4.39 Å². The number of aromatic nitrogens is 1. The van der Waals surface area contributed by atoms with Crippen molar-refractivity contribution in [2.75, 3.05) is 7.11 Å². The van der Waals surface area contributed by atoms with Crippen LogP contribution in [0.5, 0.6) is 17.2 Å². The third kappa shape index (κ3) is 7.76. The molecule has 0 N–H and O–H groups in total. The number of halogens is 1. The molecular formula is C27H34FNO7. The Labute approximate surface area is 211 Å². The van der Waals surface area contributed by atoms with Crippen LogP contribution in [-0.4, -0.2) is 42.0 Å². The zero-order valence-electron chi connectivity index (χ0n) is 21.6. The first-order valence-corrected chi connectivity index (χ1v) is 12.0. The molecule has 0 aliphatic rings. The van der Waals surface area contributed by atoms with Gasteiger partial charge in [0, 0.05) is 25.6 Å². The maximum Gasteiger partial charge on any atom is 0.309 e. The molecule has 0 aliphatic carbocycles. The zero-order valence-corrected chi connectivity index (χ0v) is 21.6. The van der Waals surface area contributed by atoms with Crippen molar-refractivity contribution >= 4 is 17.7 Å². The number of ether oxygens (including phenoxy) is 4. The van der Waals surface area contributed by atoms with Gasteiger partial charge in [-0.15, -0.1) is 0 Å². The van der Waals surface area contributed by atoms with E-state index in [0.717, 1.165) is 12.8 Å². The Bertz CT molecular complexity index is 1040. The Kier molecular flexibility index (Phi) is 10.8. The van der Waals surface area contributed by atoms with Gasteiger partial charge in [-0.3, -0.25) is 14.4 Å². The molecule has 1 aromatic heterocycles. The molecule has 3 atom stereocenters. The average Bonchev–Trinajstić information content (AvgIpc) is 2.84. The van der Waals surface area contributed by atoms with Gasteiger partial charge in [0.2, 0.25) is 5.75 Å². The number of benzene rings is 1. The summed E-state index contributed by atoms with van der Waals surface area (Å²) in [5.41, 5.74) is -0.105. The maximum atomic E-state index is 13.3. The highest BCUT2D eigenvalue weighted by atomic mass is 19.1. The minimum absolute atomic E-state index is 0.0852. The molecule has 0 amide bonds. The van der Waals surface area contributed by atoms with Gasteiger partial charge in [-0.2, -0.15) is 0 Å². The fraction of sp³-hybridized carbons (Fsp3) is 0.481. The largest absolute Gasteiger partial charge is 0.493 e. The van der Waals surface area contributed by atoms with E-state index in [0.29, 0.717) is 5.75 Å². The van der Waals surface area contributed by atoms with E-state index >= 15 is 0 Å². The van der Waals surface area contributed by atoms with E-state index in [1.165, 1.54) is 50.6 Å². The summed E-state index contributed by atoms with van der Waals surface area (Å²) in [6.07, 6.45) is 1.63. The van der Waals surface area contributed by atoms with Gasteiger partial charge in [0.05, 0.1) is 13.0 Å². The predicted octanol–water partition coefficient (Wildman–Crippen LogP) is 5.18. The Balaban J connectivity index is 2.13. The lowest BCUT2D eigenvalue weighted by Crippen LogP contribution is -2.40. The molecule has 196 valence electrons. The van der Waals surface area contributed by atoms with Gasteiger partial charge in [0.15, 0.2) is 17.2 Å². The summed E-state index contributed by atoms with van der Waals surface area (Å²) in [6.45, 7) is 8.55. The van der Waals surface area contributed by atoms with Crippen molar-refractivity contribution in [2.45, 2.75) is 66.1 Å². The van der Waals surface area contributed by atoms with E-state index in [1.54, 1.807) is 13.8 Å². The molecule has 0 unspecified atom stereocenters. The lowest BCUT2D eigenvalue weighted by molar-refractivity contribution is -0.158. The minimum Gasteiger partial charge on any atom is -0.493 e. The molecule has 2 aromatic rings. The van der Waals surface area contributed by atoms with Crippen molar-refractivity contribution < 1.29 is 37.7 Å². The van der Waals surface area contributed by atoms with Crippen LogP contribution in [-0.2, 0) is 14.3 Å². The topological polar surface area (TPSA) is 101 Å². The third-order valence-corrected chi connectivity index (χ3v) is 5.86. The second kappa shape index (κ2) is 13.6. The van der Waals surface area contributed by atoms with Crippen LogP contribution in [0.3, 0.4) is 0 Å². The maximum absolute atomic E-state index is 13.3. The summed E-state index contributed by atoms with van der Waals surface area (Å²) in [5.74, 6) is -2.24. The highest BCUT2D eigenvalue weighted by Gasteiger charge is 2.32. The van der Waals surface area contributed by atoms with Crippen LogP contribution in [0.2, 0.25) is 0 Å². The number of ketones is 1. The van der Waals surface area contributed by atoms with E-state index in [1.807, 2.05) is 13.8 Å². The monoisotopic (exact) mass is 503 g/mol. The fourth-order valence-corrected chi connectivity index (χ4v) is 3.86. The Morgan fingerprint density at radius 3 is 2.22 bits per heavy atom. The van der Waals surface area contributed by atoms with E-state index in [4.69, 9.17) is 18.9 Å². The van der Waals surface area contributed by atoms with Gasteiger partial charge in [-0.1, -0.05) is 20.8 Å². The Morgan fingerprint density at radius 1 is 1.03 bits per heavy atom. The van der Waals surface area contributed by atoms with Crippen molar-refractivity contribution in [3.05, 3.63) is 48.0 Å². The van der Waals surface area contributed by atoms with Gasteiger partial charge >= 0.3 is 11.9 Å². The van der Waals surface area contributed by atoms with E-state index < -0.39 is 35.8 Å². The Hall–Kier alpha value is -3.49. The first kappa shape index (κ1) is 28.7. The summed E-state index contributed by atoms with van der Waals surface area (Å²) in [7, 11) is 1.38. The molecule has 36 heavy (non-hydrogen) atoms. The van der Waals surface area contributed by atoms with Crippen molar-refractivity contribution in [1.82, 2.24) is 4.98 Å². The van der Waals surface area contributed by atoms with Crippen LogP contribution < -0.4 is 14.2 Å². The highest BCUT2D eigenvalue weighted by molar-refractivity contribution is 5.99. The molecular weight excluding hydrogens is 469 g/mol. The smallest absolute Gasteiger partial charge is 0.309 e. The number of pyridine rings is 1. The fourth-order valence-electron chi connectivity index (χ4n) is 3.86. The van der Waals surface area contributed by atoms with Crippen molar-refractivity contribution in [2.24, 2.45) is 11.8 Å². The van der Waals surface area contributed by atoms with Crippen molar-refractivity contribution in [3.63, 3.8) is 0 Å². The van der Waals surface area contributed by atoms with Crippen molar-refractivity contribution in [1.29, 1.82) is 0 Å². The molecule has 0 spiro atoms. The van der Waals surface area contributed by atoms with Gasteiger partial charge in [-0.05, 0) is 49.9 Å². The Morgan fingerprint density at radius 2 is 1.67 bits per heavy atom. The molecule has 2 rings (SSSR count). The molecule has 1 heterocycles. The van der Waals surface area contributed by atoms with E-state index in [9.17, 15) is 18.8 Å². The molecule has 0 saturated heterocycles. The van der Waals surface area contributed by atoms with Crippen molar-refractivity contribution in [3.8, 4) is 17.2 Å². The molecule has 0 saturated carbocycles. The molecule has 0 aliphatic heterocycles. The minimum atomic E-state index is -0.800. The molecule has 1 aromatic carbocycles. The highest BCUT2D eigenvalue weighted by Crippen LogP contribution is 2.31. The van der Waals surface area contributed by atoms with E-state index in [2.05, 4.69) is 4.98 Å². The number of esters is 2. The molecule has 8 nitrogen and oxygen atoms in total. The SMILES string of the molecule is CCC(CC)[C@@H](Oc1ccc(F)cc1)[C@H](C)OC(=O)[C@H](C)CC(=O)c1nccc(OC)c1OC(C)=O. The molecule has 0 fully saturated rings. The number of methoxy groups -OCH3 is 1. The predicted molar refractivity (Wildman–Crippen MR) is 131 cm³/mol. The number of hydrogen-bond acceptors (Lipinski definition) is 8. The summed E-state index contributed by atoms with van der Waals surface area (Å²) in [4.78, 5) is 41.4. The van der Waals surface area contributed by atoms with Crippen LogP contribution in [0.25, 0.3) is 0 Å². The van der Waals surface area contributed by atoms with Gasteiger partial charge in [0.1, 0.15) is 23.8 Å². The van der Waals surface area contributed by atoms with Gasteiger partial charge in [-0.25, -0.2) is 9.37 Å². The quantitative estimate of drug-likeness (QED) is 0.272. The summed E-state index contributed by atoms with van der Waals surface area (Å²) in [6, 6.07) is 7.14. The van der Waals surface area contributed by atoms with Crippen LogP contribution >= 0.6 is 0 Å². The van der Waals surface area contributed by atoms with Gasteiger partial charge in [0.25, 0.3) is 0 Å². The average molecular weight is 504 g/mol. The zero-order chi connectivity index (χ0) is 26.8. The number of rotatable bonds is 13. The van der Waals surface area contributed by atoms with Crippen LogP contribution in [0.1, 0.15) is 64.4 Å². The standard InChI is InChI=1S/C27H34FNO7/c1-7-19(8-2)25(36-21-11-9-20(28)10-12-21)17(4)34-27(32)16(3)15-22(31)24-26(35-18(5)30)23(33-6)13-14-29-24/h9-14,16-17,19,25H,7-8,15H2,1-6H3/t16-,17+,25+/m1/s1. The number of nitrogens with zero attached hydrogens (tertiary/aromatic N) is 1. The molecule has 0 radical (unpaired) electrons. The number of hydrogen-bond donors (Lipinski definition) is 0. The molecule has 9 heteroatoms. The lowest BCUT2D eigenvalue weighted by Gasteiger charge is -2.31.